The SMILES string of the molecule is CSc1ccc2nnc(C)n2c1. The van der Waals surface area contributed by atoms with Gasteiger partial charge in [0.05, 0.1) is 0 Å². The molecule has 0 aromatic carbocycles. The second kappa shape index (κ2) is 2.79. The molecule has 0 N–H and O–H groups in total. The molecule has 3 nitrogen and oxygen atoms in total. The zero-order chi connectivity index (χ0) is 8.55. The minimum Gasteiger partial charge on any atom is -0.286 e. The van der Waals surface area contributed by atoms with Crippen LogP contribution >= 0.6 is 11.8 Å². The highest BCUT2D eigenvalue weighted by molar-refractivity contribution is 7.98. The van der Waals surface area contributed by atoms with Crippen LogP contribution in [0.25, 0.3) is 5.65 Å². The van der Waals surface area contributed by atoms with E-state index in [1.165, 1.54) is 4.90 Å². The van der Waals surface area contributed by atoms with Gasteiger partial charge in [0.2, 0.25) is 0 Å². The van der Waals surface area contributed by atoms with Crippen molar-refractivity contribution in [1.29, 1.82) is 0 Å². The standard InChI is InChI=1S/C8H9N3S/c1-6-9-10-8-4-3-7(12-2)5-11(6)8/h3-5H,1-2H3. The first-order chi connectivity index (χ1) is 5.81. The zero-order valence-corrected chi connectivity index (χ0v) is 7.80. The number of hydrogen-bond donors (Lipinski definition) is 0. The Labute approximate surface area is 74.8 Å². The summed E-state index contributed by atoms with van der Waals surface area (Å²) >= 11 is 1.72. The summed E-state index contributed by atoms with van der Waals surface area (Å²) < 4.78 is 1.99. The summed E-state index contributed by atoms with van der Waals surface area (Å²) in [4.78, 5) is 1.23. The molecule has 62 valence electrons. The van der Waals surface area contributed by atoms with Crippen LogP contribution < -0.4 is 0 Å². The Balaban J connectivity index is 2.71. The largest absolute Gasteiger partial charge is 0.286 e. The Bertz CT molecular complexity index is 408. The summed E-state index contributed by atoms with van der Waals surface area (Å²) in [6.07, 6.45) is 4.11. The smallest absolute Gasteiger partial charge is 0.160 e. The van der Waals surface area contributed by atoms with E-state index >= 15 is 0 Å². The number of nitrogens with zero attached hydrogens (tertiary/aromatic N) is 3. The molecule has 0 radical (unpaired) electrons. The first-order valence-corrected chi connectivity index (χ1v) is 4.89. The van der Waals surface area contributed by atoms with Crippen molar-refractivity contribution in [3.63, 3.8) is 0 Å². The average Bonchev–Trinajstić information content (AvgIpc) is 2.47. The van der Waals surface area contributed by atoms with Gasteiger partial charge in [-0.1, -0.05) is 0 Å². The van der Waals surface area contributed by atoms with Crippen molar-refractivity contribution in [1.82, 2.24) is 14.6 Å². The fourth-order valence-electron chi connectivity index (χ4n) is 1.11. The number of aryl methyl sites for hydroxylation is 1. The lowest BCUT2D eigenvalue weighted by molar-refractivity contribution is 0.996. The maximum atomic E-state index is 4.00. The van der Waals surface area contributed by atoms with Gasteiger partial charge in [-0.3, -0.25) is 4.40 Å². The van der Waals surface area contributed by atoms with E-state index in [0.29, 0.717) is 0 Å². The molecule has 0 unspecified atom stereocenters. The van der Waals surface area contributed by atoms with Gasteiger partial charge in [0.25, 0.3) is 0 Å². The van der Waals surface area contributed by atoms with Crippen molar-refractivity contribution in [3.8, 4) is 0 Å². The van der Waals surface area contributed by atoms with Crippen LogP contribution in [-0.2, 0) is 0 Å². The predicted octanol–water partition coefficient (Wildman–Crippen LogP) is 1.76. The summed E-state index contributed by atoms with van der Waals surface area (Å²) in [5.41, 5.74) is 0.908. The number of hydrogen-bond acceptors (Lipinski definition) is 3. The van der Waals surface area contributed by atoms with Crippen molar-refractivity contribution in [3.05, 3.63) is 24.2 Å². The zero-order valence-electron chi connectivity index (χ0n) is 6.98. The summed E-state index contributed by atoms with van der Waals surface area (Å²) in [5, 5.41) is 7.97. The molecule has 2 rings (SSSR count). The van der Waals surface area contributed by atoms with E-state index in [-0.39, 0.29) is 0 Å². The molecule has 0 saturated carbocycles. The van der Waals surface area contributed by atoms with E-state index in [2.05, 4.69) is 22.6 Å². The second-order valence-electron chi connectivity index (χ2n) is 2.54. The number of rotatable bonds is 1. The Morgan fingerprint density at radius 1 is 1.33 bits per heavy atom. The molecule has 0 fully saturated rings. The van der Waals surface area contributed by atoms with Gasteiger partial charge >= 0.3 is 0 Å². The molecule has 0 bridgehead atoms. The minimum atomic E-state index is 0.908. The highest BCUT2D eigenvalue weighted by atomic mass is 32.2. The fraction of sp³-hybridized carbons (Fsp3) is 0.250. The van der Waals surface area contributed by atoms with Gasteiger partial charge in [-0.05, 0) is 25.3 Å². The van der Waals surface area contributed by atoms with Crippen LogP contribution in [0, 0.1) is 6.92 Å². The number of fused-ring (bicyclic) bond motifs is 1. The molecule has 0 aliphatic heterocycles. The molecule has 0 aliphatic carbocycles. The van der Waals surface area contributed by atoms with E-state index in [9.17, 15) is 0 Å². The van der Waals surface area contributed by atoms with Crippen LogP contribution in [0.15, 0.2) is 23.2 Å². The Hall–Kier alpha value is -1.03. The van der Waals surface area contributed by atoms with Crippen LogP contribution in [0.2, 0.25) is 0 Å². The van der Waals surface area contributed by atoms with Gasteiger partial charge in [0.15, 0.2) is 5.65 Å². The molecule has 0 spiro atoms. The fourth-order valence-corrected chi connectivity index (χ4v) is 1.52. The van der Waals surface area contributed by atoms with Crippen LogP contribution in [0.3, 0.4) is 0 Å². The van der Waals surface area contributed by atoms with E-state index < -0.39 is 0 Å². The van der Waals surface area contributed by atoms with E-state index in [0.717, 1.165) is 11.5 Å². The van der Waals surface area contributed by atoms with Crippen LogP contribution in [0.5, 0.6) is 0 Å². The van der Waals surface area contributed by atoms with Gasteiger partial charge in [0.1, 0.15) is 5.82 Å². The number of aromatic nitrogens is 3. The Kier molecular flexibility index (Phi) is 1.77. The monoisotopic (exact) mass is 179 g/mol. The van der Waals surface area contributed by atoms with Crippen molar-refractivity contribution in [2.24, 2.45) is 0 Å². The third-order valence-electron chi connectivity index (χ3n) is 1.78. The first kappa shape index (κ1) is 7.61. The highest BCUT2D eigenvalue weighted by Crippen LogP contribution is 2.15. The predicted molar refractivity (Wildman–Crippen MR) is 49.5 cm³/mol. The molecule has 2 aromatic heterocycles. The molecule has 4 heteroatoms. The molecule has 0 atom stereocenters. The summed E-state index contributed by atoms with van der Waals surface area (Å²) in [5.74, 6) is 0.931. The third-order valence-corrected chi connectivity index (χ3v) is 2.49. The highest BCUT2D eigenvalue weighted by Gasteiger charge is 1.99. The first-order valence-electron chi connectivity index (χ1n) is 3.66. The van der Waals surface area contributed by atoms with E-state index in [1.807, 2.05) is 23.5 Å². The van der Waals surface area contributed by atoms with Gasteiger partial charge in [0, 0.05) is 11.1 Å². The minimum absolute atomic E-state index is 0.908. The molecule has 0 amide bonds. The molecule has 2 aromatic rings. The van der Waals surface area contributed by atoms with Gasteiger partial charge in [-0.15, -0.1) is 22.0 Å². The van der Waals surface area contributed by atoms with Crippen molar-refractivity contribution in [2.75, 3.05) is 6.26 Å². The molecule has 0 aliphatic rings. The average molecular weight is 179 g/mol. The maximum absolute atomic E-state index is 4.00. The molecule has 2 heterocycles. The number of thioether (sulfide) groups is 1. The third kappa shape index (κ3) is 1.08. The van der Waals surface area contributed by atoms with Crippen molar-refractivity contribution in [2.45, 2.75) is 11.8 Å². The van der Waals surface area contributed by atoms with Crippen LogP contribution in [-0.4, -0.2) is 20.9 Å². The van der Waals surface area contributed by atoms with Crippen molar-refractivity contribution >= 4 is 17.4 Å². The Morgan fingerprint density at radius 2 is 2.17 bits per heavy atom. The topological polar surface area (TPSA) is 30.2 Å². The normalized spacial score (nSPS) is 10.8. The molecule has 0 saturated heterocycles. The second-order valence-corrected chi connectivity index (χ2v) is 3.42. The quantitative estimate of drug-likeness (QED) is 0.625. The Morgan fingerprint density at radius 3 is 2.92 bits per heavy atom. The van der Waals surface area contributed by atoms with Gasteiger partial charge in [-0.2, -0.15) is 0 Å². The van der Waals surface area contributed by atoms with E-state index in [4.69, 9.17) is 0 Å². The maximum Gasteiger partial charge on any atom is 0.160 e. The number of pyridine rings is 1. The summed E-state index contributed by atoms with van der Waals surface area (Å²) in [7, 11) is 0. The van der Waals surface area contributed by atoms with Crippen LogP contribution in [0.4, 0.5) is 0 Å². The molecular formula is C8H9N3S. The van der Waals surface area contributed by atoms with Crippen molar-refractivity contribution < 1.29 is 0 Å². The molecular weight excluding hydrogens is 170 g/mol. The van der Waals surface area contributed by atoms with Gasteiger partial charge < -0.3 is 0 Å². The van der Waals surface area contributed by atoms with E-state index in [1.54, 1.807) is 11.8 Å². The lowest BCUT2D eigenvalue weighted by Gasteiger charge is -1.97. The lowest BCUT2D eigenvalue weighted by atomic mass is 10.5. The summed E-state index contributed by atoms with van der Waals surface area (Å²) in [6, 6.07) is 4.03. The lowest BCUT2D eigenvalue weighted by Crippen LogP contribution is -1.87. The summed E-state index contributed by atoms with van der Waals surface area (Å²) in [6.45, 7) is 1.95. The molecule has 12 heavy (non-hydrogen) atoms. The van der Waals surface area contributed by atoms with Crippen LogP contribution in [0.1, 0.15) is 5.82 Å². The van der Waals surface area contributed by atoms with Gasteiger partial charge in [-0.25, -0.2) is 0 Å².